The topological polar surface area (TPSA) is 49.4 Å². The number of hydrogen-bond acceptors (Lipinski definition) is 3. The fraction of sp³-hybridized carbons (Fsp3) is 0.200. The number of fused-ring (bicyclic) bond motifs is 1. The third-order valence-electron chi connectivity index (χ3n) is 4.61. The number of carbonyl (C=O) groups excluding carboxylic acids is 2. The van der Waals surface area contributed by atoms with Gasteiger partial charge in [-0.05, 0) is 48.2 Å². The Labute approximate surface area is 140 Å². The summed E-state index contributed by atoms with van der Waals surface area (Å²) in [6, 6.07) is 15.4. The number of amides is 2. The second kappa shape index (κ2) is 5.96. The molecule has 0 aromatic heterocycles. The van der Waals surface area contributed by atoms with Gasteiger partial charge in [0.25, 0.3) is 11.8 Å². The molecule has 0 spiro atoms. The third kappa shape index (κ3) is 2.60. The Kier molecular flexibility index (Phi) is 3.65. The van der Waals surface area contributed by atoms with Gasteiger partial charge >= 0.3 is 0 Å². The summed E-state index contributed by atoms with van der Waals surface area (Å²) >= 11 is 0. The smallest absolute Gasteiger partial charge is 0.258 e. The van der Waals surface area contributed by atoms with Crippen LogP contribution in [-0.4, -0.2) is 24.9 Å². The fourth-order valence-corrected chi connectivity index (χ4v) is 3.34. The first-order valence-corrected chi connectivity index (χ1v) is 8.24. The molecule has 24 heavy (non-hydrogen) atoms. The van der Waals surface area contributed by atoms with E-state index in [4.69, 9.17) is 0 Å². The second-order valence-electron chi connectivity index (χ2n) is 6.17. The maximum atomic E-state index is 12.2. The van der Waals surface area contributed by atoms with Gasteiger partial charge in [0.1, 0.15) is 0 Å². The van der Waals surface area contributed by atoms with E-state index in [1.165, 1.54) is 18.5 Å². The van der Waals surface area contributed by atoms with Crippen molar-refractivity contribution in [2.45, 2.75) is 12.8 Å². The Hall–Kier alpha value is -2.88. The standard InChI is InChI=1S/C20H18N2O2/c23-19-17-6-2-1-5-16(17)18(20(24)21-19)13-14-7-9-15(10-8-14)22-11-3-4-12-22/h1-2,5-10,13H,3-4,11-12H2,(H,21,23,24). The molecule has 4 rings (SSSR count). The summed E-state index contributed by atoms with van der Waals surface area (Å²) in [7, 11) is 0. The average molecular weight is 318 g/mol. The lowest BCUT2D eigenvalue weighted by atomic mass is 9.93. The van der Waals surface area contributed by atoms with Crippen molar-refractivity contribution in [3.05, 3.63) is 65.2 Å². The Balaban J connectivity index is 1.68. The zero-order valence-corrected chi connectivity index (χ0v) is 13.3. The molecule has 2 aliphatic rings. The van der Waals surface area contributed by atoms with Gasteiger partial charge in [-0.15, -0.1) is 0 Å². The van der Waals surface area contributed by atoms with Gasteiger partial charge in [0, 0.05) is 29.9 Å². The number of rotatable bonds is 2. The summed E-state index contributed by atoms with van der Waals surface area (Å²) in [6.07, 6.45) is 4.34. The first kappa shape index (κ1) is 14.7. The first-order valence-electron chi connectivity index (χ1n) is 8.24. The van der Waals surface area contributed by atoms with E-state index in [9.17, 15) is 9.59 Å². The number of anilines is 1. The molecular formula is C20H18N2O2. The normalized spacial score (nSPS) is 18.7. The Bertz CT molecular complexity index is 831. The van der Waals surface area contributed by atoms with Crippen LogP contribution < -0.4 is 10.2 Å². The molecule has 1 N–H and O–H groups in total. The summed E-state index contributed by atoms with van der Waals surface area (Å²) in [5.74, 6) is -0.681. The fourth-order valence-electron chi connectivity index (χ4n) is 3.34. The molecule has 0 bridgehead atoms. The highest BCUT2D eigenvalue weighted by Crippen LogP contribution is 2.27. The minimum absolute atomic E-state index is 0.336. The zero-order chi connectivity index (χ0) is 16.5. The van der Waals surface area contributed by atoms with Crippen molar-refractivity contribution in [1.82, 2.24) is 5.32 Å². The van der Waals surface area contributed by atoms with Crippen LogP contribution in [0.25, 0.3) is 11.6 Å². The summed E-state index contributed by atoms with van der Waals surface area (Å²) < 4.78 is 0. The average Bonchev–Trinajstić information content (AvgIpc) is 3.14. The minimum Gasteiger partial charge on any atom is -0.372 e. The molecule has 1 fully saturated rings. The molecule has 120 valence electrons. The van der Waals surface area contributed by atoms with Gasteiger partial charge in [-0.1, -0.05) is 30.3 Å². The minimum atomic E-state index is -0.345. The molecule has 2 amide bonds. The molecule has 2 heterocycles. The number of carbonyl (C=O) groups is 2. The number of imide groups is 1. The van der Waals surface area contributed by atoms with E-state index in [0.717, 1.165) is 18.7 Å². The van der Waals surface area contributed by atoms with Gasteiger partial charge in [0.05, 0.1) is 0 Å². The molecule has 2 aromatic rings. The largest absolute Gasteiger partial charge is 0.372 e. The predicted octanol–water partition coefficient (Wildman–Crippen LogP) is 3.10. The molecule has 0 saturated carbocycles. The van der Waals surface area contributed by atoms with Crippen molar-refractivity contribution in [3.63, 3.8) is 0 Å². The van der Waals surface area contributed by atoms with E-state index < -0.39 is 0 Å². The number of benzene rings is 2. The summed E-state index contributed by atoms with van der Waals surface area (Å²) in [5, 5.41) is 2.41. The molecule has 2 aliphatic heterocycles. The zero-order valence-electron chi connectivity index (χ0n) is 13.3. The number of hydrogen-bond donors (Lipinski definition) is 1. The van der Waals surface area contributed by atoms with Gasteiger partial charge in [0.2, 0.25) is 0 Å². The third-order valence-corrected chi connectivity index (χ3v) is 4.61. The van der Waals surface area contributed by atoms with Crippen molar-refractivity contribution >= 4 is 29.2 Å². The molecule has 2 aromatic carbocycles. The SMILES string of the molecule is O=C1NC(=O)c2ccccc2C1=Cc1ccc(N2CCCC2)cc1. The lowest BCUT2D eigenvalue weighted by molar-refractivity contribution is -0.114. The predicted molar refractivity (Wildman–Crippen MR) is 94.7 cm³/mol. The quantitative estimate of drug-likeness (QED) is 0.684. The molecule has 0 aliphatic carbocycles. The molecule has 0 atom stereocenters. The molecule has 0 unspecified atom stereocenters. The lowest BCUT2D eigenvalue weighted by Gasteiger charge is -2.19. The van der Waals surface area contributed by atoms with Crippen LogP contribution in [0.5, 0.6) is 0 Å². The number of nitrogens with one attached hydrogen (secondary N) is 1. The summed E-state index contributed by atoms with van der Waals surface area (Å²) in [5.41, 5.74) is 3.93. The summed E-state index contributed by atoms with van der Waals surface area (Å²) in [6.45, 7) is 2.22. The maximum absolute atomic E-state index is 12.2. The van der Waals surface area contributed by atoms with Crippen LogP contribution in [0.2, 0.25) is 0 Å². The van der Waals surface area contributed by atoms with Crippen LogP contribution >= 0.6 is 0 Å². The van der Waals surface area contributed by atoms with Gasteiger partial charge in [0.15, 0.2) is 0 Å². The Morgan fingerprint density at radius 2 is 1.50 bits per heavy atom. The van der Waals surface area contributed by atoms with Gasteiger partial charge in [-0.3, -0.25) is 14.9 Å². The Morgan fingerprint density at radius 3 is 2.21 bits per heavy atom. The van der Waals surface area contributed by atoms with E-state index in [0.29, 0.717) is 16.7 Å². The van der Waals surface area contributed by atoms with Gasteiger partial charge in [-0.25, -0.2) is 0 Å². The monoisotopic (exact) mass is 318 g/mol. The van der Waals surface area contributed by atoms with E-state index >= 15 is 0 Å². The lowest BCUT2D eigenvalue weighted by Crippen LogP contribution is -2.36. The van der Waals surface area contributed by atoms with Crippen molar-refractivity contribution in [2.24, 2.45) is 0 Å². The van der Waals surface area contributed by atoms with Crippen LogP contribution in [-0.2, 0) is 4.79 Å². The molecule has 4 heteroatoms. The molecule has 4 nitrogen and oxygen atoms in total. The van der Waals surface area contributed by atoms with E-state index in [2.05, 4.69) is 22.3 Å². The maximum Gasteiger partial charge on any atom is 0.258 e. The second-order valence-corrected chi connectivity index (χ2v) is 6.17. The van der Waals surface area contributed by atoms with Crippen LogP contribution in [0.4, 0.5) is 5.69 Å². The highest BCUT2D eigenvalue weighted by Gasteiger charge is 2.26. The van der Waals surface area contributed by atoms with Crippen LogP contribution in [0, 0.1) is 0 Å². The Morgan fingerprint density at radius 1 is 0.833 bits per heavy atom. The van der Waals surface area contributed by atoms with E-state index in [1.807, 2.05) is 30.3 Å². The van der Waals surface area contributed by atoms with Crippen LogP contribution in [0.3, 0.4) is 0 Å². The van der Waals surface area contributed by atoms with E-state index in [1.54, 1.807) is 12.1 Å². The van der Waals surface area contributed by atoms with Crippen molar-refractivity contribution < 1.29 is 9.59 Å². The van der Waals surface area contributed by atoms with Crippen LogP contribution in [0.1, 0.15) is 34.3 Å². The van der Waals surface area contributed by atoms with Crippen LogP contribution in [0.15, 0.2) is 48.5 Å². The van der Waals surface area contributed by atoms with Gasteiger partial charge < -0.3 is 4.90 Å². The van der Waals surface area contributed by atoms with Gasteiger partial charge in [-0.2, -0.15) is 0 Å². The number of nitrogens with zero attached hydrogens (tertiary/aromatic N) is 1. The van der Waals surface area contributed by atoms with Crippen molar-refractivity contribution in [3.8, 4) is 0 Å². The molecule has 0 radical (unpaired) electrons. The van der Waals surface area contributed by atoms with Crippen molar-refractivity contribution in [2.75, 3.05) is 18.0 Å². The molecule has 1 saturated heterocycles. The highest BCUT2D eigenvalue weighted by molar-refractivity contribution is 6.33. The summed E-state index contributed by atoms with van der Waals surface area (Å²) in [4.78, 5) is 26.5. The first-order chi connectivity index (χ1) is 11.7. The highest BCUT2D eigenvalue weighted by atomic mass is 16.2. The van der Waals surface area contributed by atoms with E-state index in [-0.39, 0.29) is 11.8 Å². The van der Waals surface area contributed by atoms with Crippen molar-refractivity contribution in [1.29, 1.82) is 0 Å². The molecular weight excluding hydrogens is 300 g/mol.